The summed E-state index contributed by atoms with van der Waals surface area (Å²) in [6.07, 6.45) is 5.74. The van der Waals surface area contributed by atoms with Crippen LogP contribution < -0.4 is 5.32 Å². The van der Waals surface area contributed by atoms with E-state index in [2.05, 4.69) is 5.32 Å². The number of nitrogens with zero attached hydrogens (tertiary/aromatic N) is 3. The highest BCUT2D eigenvalue weighted by molar-refractivity contribution is 5.97. The molecule has 1 atom stereocenters. The van der Waals surface area contributed by atoms with Gasteiger partial charge in [0.1, 0.15) is 6.04 Å². The van der Waals surface area contributed by atoms with Crippen molar-refractivity contribution in [3.05, 3.63) is 39.9 Å². The van der Waals surface area contributed by atoms with Crippen molar-refractivity contribution >= 4 is 23.4 Å². The van der Waals surface area contributed by atoms with Crippen LogP contribution in [0.2, 0.25) is 0 Å². The number of hydrogen-bond donors (Lipinski definition) is 1. The van der Waals surface area contributed by atoms with Crippen molar-refractivity contribution in [2.24, 2.45) is 5.92 Å². The summed E-state index contributed by atoms with van der Waals surface area (Å²) in [5.74, 6) is -0.576. The largest absolute Gasteiger partial charge is 0.342 e. The Morgan fingerprint density at radius 3 is 2.29 bits per heavy atom. The van der Waals surface area contributed by atoms with Gasteiger partial charge in [-0.1, -0.05) is 18.9 Å². The number of rotatable bonds is 5. The third kappa shape index (κ3) is 5.80. The summed E-state index contributed by atoms with van der Waals surface area (Å²) in [6, 6.07) is 4.64. The van der Waals surface area contributed by atoms with Gasteiger partial charge in [0.15, 0.2) is 0 Å². The van der Waals surface area contributed by atoms with E-state index in [0.717, 1.165) is 25.9 Å². The van der Waals surface area contributed by atoms with Gasteiger partial charge in [-0.05, 0) is 38.7 Å². The molecule has 1 aromatic rings. The lowest BCUT2D eigenvalue weighted by atomic mass is 9.94. The molecule has 31 heavy (non-hydrogen) atoms. The van der Waals surface area contributed by atoms with Crippen LogP contribution in [0.4, 0.5) is 5.69 Å². The minimum absolute atomic E-state index is 0.0445. The molecule has 2 heterocycles. The monoisotopic (exact) mass is 430 g/mol. The molecule has 168 valence electrons. The number of carbonyl (C=O) groups excluding carboxylic acids is 3. The molecular formula is C22H30N4O5. The molecule has 3 rings (SSSR count). The third-order valence-electron chi connectivity index (χ3n) is 6.11. The molecule has 0 radical (unpaired) electrons. The molecule has 0 spiro atoms. The maximum Gasteiger partial charge on any atom is 0.270 e. The molecule has 9 nitrogen and oxygen atoms in total. The van der Waals surface area contributed by atoms with Crippen LogP contribution in [-0.2, 0) is 9.59 Å². The standard InChI is InChI=1S/C22H30N4O5/c1-16(23-20(27)18-7-6-8-19(15-18)26(30)31)21(28)25-13-9-17(10-14-25)22(29)24-11-4-2-3-5-12-24/h6-8,15-17H,2-5,9-14H2,1H3,(H,23,27). The van der Waals surface area contributed by atoms with E-state index >= 15 is 0 Å². The van der Waals surface area contributed by atoms with Crippen LogP contribution in [0.15, 0.2) is 24.3 Å². The minimum Gasteiger partial charge on any atom is -0.342 e. The van der Waals surface area contributed by atoms with Crippen molar-refractivity contribution in [1.29, 1.82) is 0 Å². The van der Waals surface area contributed by atoms with Gasteiger partial charge in [-0.3, -0.25) is 24.5 Å². The Hall–Kier alpha value is -2.97. The van der Waals surface area contributed by atoms with Gasteiger partial charge >= 0.3 is 0 Å². The second-order valence-electron chi connectivity index (χ2n) is 8.34. The molecule has 0 saturated carbocycles. The number of benzene rings is 1. The van der Waals surface area contributed by atoms with E-state index in [1.807, 2.05) is 4.90 Å². The van der Waals surface area contributed by atoms with Gasteiger partial charge in [0.25, 0.3) is 11.6 Å². The van der Waals surface area contributed by atoms with Crippen LogP contribution in [0.1, 0.15) is 55.8 Å². The SMILES string of the molecule is CC(NC(=O)c1cccc([N+](=O)[O-])c1)C(=O)N1CCC(C(=O)N2CCCCCC2)CC1. The molecule has 2 aliphatic rings. The molecule has 9 heteroatoms. The number of amides is 3. The quantitative estimate of drug-likeness (QED) is 0.569. The second-order valence-corrected chi connectivity index (χ2v) is 8.34. The minimum atomic E-state index is -0.760. The fourth-order valence-electron chi connectivity index (χ4n) is 4.27. The summed E-state index contributed by atoms with van der Waals surface area (Å²) in [5, 5.41) is 13.5. The van der Waals surface area contributed by atoms with Crippen molar-refractivity contribution in [2.75, 3.05) is 26.2 Å². The molecule has 1 unspecified atom stereocenters. The maximum atomic E-state index is 12.8. The zero-order valence-electron chi connectivity index (χ0n) is 17.9. The first-order valence-electron chi connectivity index (χ1n) is 11.0. The first-order valence-corrected chi connectivity index (χ1v) is 11.0. The molecule has 1 aromatic carbocycles. The van der Waals surface area contributed by atoms with Gasteiger partial charge < -0.3 is 15.1 Å². The lowest BCUT2D eigenvalue weighted by Gasteiger charge is -2.35. The smallest absolute Gasteiger partial charge is 0.270 e. The number of likely N-dealkylation sites (tertiary alicyclic amines) is 2. The average Bonchev–Trinajstić information content (AvgIpc) is 3.08. The topological polar surface area (TPSA) is 113 Å². The van der Waals surface area contributed by atoms with Crippen molar-refractivity contribution in [1.82, 2.24) is 15.1 Å². The Morgan fingerprint density at radius 2 is 1.68 bits per heavy atom. The summed E-state index contributed by atoms with van der Waals surface area (Å²) in [5.41, 5.74) is -0.0432. The van der Waals surface area contributed by atoms with Gasteiger partial charge in [-0.15, -0.1) is 0 Å². The first-order chi connectivity index (χ1) is 14.9. The van der Waals surface area contributed by atoms with Crippen LogP contribution in [0.3, 0.4) is 0 Å². The van der Waals surface area contributed by atoms with Crippen molar-refractivity contribution in [2.45, 2.75) is 51.5 Å². The number of nitrogens with one attached hydrogen (secondary N) is 1. The highest BCUT2D eigenvalue weighted by Crippen LogP contribution is 2.22. The molecule has 1 N–H and O–H groups in total. The van der Waals surface area contributed by atoms with E-state index in [-0.39, 0.29) is 29.0 Å². The zero-order chi connectivity index (χ0) is 22.4. The Morgan fingerprint density at radius 1 is 1.03 bits per heavy atom. The number of non-ortho nitro benzene ring substituents is 1. The van der Waals surface area contributed by atoms with Crippen LogP contribution >= 0.6 is 0 Å². The molecule has 2 fully saturated rings. The zero-order valence-corrected chi connectivity index (χ0v) is 17.9. The molecule has 2 saturated heterocycles. The van der Waals surface area contributed by atoms with Crippen molar-refractivity contribution in [3.8, 4) is 0 Å². The average molecular weight is 431 g/mol. The van der Waals surface area contributed by atoms with Crippen LogP contribution in [0.5, 0.6) is 0 Å². The summed E-state index contributed by atoms with van der Waals surface area (Å²) >= 11 is 0. The van der Waals surface area contributed by atoms with Gasteiger partial charge in [-0.25, -0.2) is 0 Å². The number of hydrogen-bond acceptors (Lipinski definition) is 5. The number of nitro benzene ring substituents is 1. The van der Waals surface area contributed by atoms with E-state index < -0.39 is 16.9 Å². The Bertz CT molecular complexity index is 827. The van der Waals surface area contributed by atoms with Crippen LogP contribution in [0.25, 0.3) is 0 Å². The summed E-state index contributed by atoms with van der Waals surface area (Å²) in [6.45, 7) is 4.24. The summed E-state index contributed by atoms with van der Waals surface area (Å²) in [4.78, 5) is 52.0. The van der Waals surface area contributed by atoms with E-state index in [1.165, 1.54) is 37.1 Å². The van der Waals surface area contributed by atoms with E-state index in [9.17, 15) is 24.5 Å². The van der Waals surface area contributed by atoms with Gasteiger partial charge in [0, 0.05) is 49.8 Å². The molecular weight excluding hydrogens is 400 g/mol. The summed E-state index contributed by atoms with van der Waals surface area (Å²) < 4.78 is 0. The molecule has 3 amide bonds. The summed E-state index contributed by atoms with van der Waals surface area (Å²) in [7, 11) is 0. The number of nitro groups is 1. The van der Waals surface area contributed by atoms with Crippen LogP contribution in [0, 0.1) is 16.0 Å². The Balaban J connectivity index is 1.50. The van der Waals surface area contributed by atoms with E-state index in [0.29, 0.717) is 25.9 Å². The lowest BCUT2D eigenvalue weighted by molar-refractivity contribution is -0.384. The van der Waals surface area contributed by atoms with E-state index in [1.54, 1.807) is 11.8 Å². The Labute approximate surface area is 181 Å². The van der Waals surface area contributed by atoms with Crippen LogP contribution in [-0.4, -0.2) is 64.7 Å². The lowest BCUT2D eigenvalue weighted by Crippen LogP contribution is -2.51. The molecule has 0 aliphatic carbocycles. The van der Waals surface area contributed by atoms with Crippen molar-refractivity contribution in [3.63, 3.8) is 0 Å². The third-order valence-corrected chi connectivity index (χ3v) is 6.11. The highest BCUT2D eigenvalue weighted by Gasteiger charge is 2.32. The number of piperidine rings is 1. The molecule has 2 aliphatic heterocycles. The predicted molar refractivity (Wildman–Crippen MR) is 114 cm³/mol. The Kier molecular flexibility index (Phi) is 7.59. The van der Waals surface area contributed by atoms with Crippen molar-refractivity contribution < 1.29 is 19.3 Å². The van der Waals surface area contributed by atoms with E-state index in [4.69, 9.17) is 0 Å². The van der Waals surface area contributed by atoms with Gasteiger partial charge in [0.05, 0.1) is 4.92 Å². The normalized spacial score (nSPS) is 18.7. The number of carbonyl (C=O) groups is 3. The predicted octanol–water partition coefficient (Wildman–Crippen LogP) is 2.35. The first kappa shape index (κ1) is 22.7. The second kappa shape index (κ2) is 10.4. The fraction of sp³-hybridized carbons (Fsp3) is 0.591. The van der Waals surface area contributed by atoms with Gasteiger partial charge in [0.2, 0.25) is 11.8 Å². The maximum absolute atomic E-state index is 12.8. The molecule has 0 bridgehead atoms. The van der Waals surface area contributed by atoms with Gasteiger partial charge in [-0.2, -0.15) is 0 Å². The molecule has 0 aromatic heterocycles. The highest BCUT2D eigenvalue weighted by atomic mass is 16.6. The fourth-order valence-corrected chi connectivity index (χ4v) is 4.27.